The van der Waals surface area contributed by atoms with Crippen molar-refractivity contribution in [1.82, 2.24) is 4.90 Å². The van der Waals surface area contributed by atoms with E-state index < -0.39 is 0 Å². The molecule has 1 amide bonds. The molecule has 1 unspecified atom stereocenters. The Morgan fingerprint density at radius 3 is 2.88 bits per heavy atom. The number of likely N-dealkylation sites (N-methyl/N-ethyl adjacent to an activating group) is 1. The van der Waals surface area contributed by atoms with E-state index in [1.165, 1.54) is 5.75 Å². The Labute approximate surface area is 107 Å². The van der Waals surface area contributed by atoms with Crippen molar-refractivity contribution in [3.63, 3.8) is 0 Å². The summed E-state index contributed by atoms with van der Waals surface area (Å²) < 4.78 is 0. The van der Waals surface area contributed by atoms with Gasteiger partial charge in [0.25, 0.3) is 0 Å². The first kappa shape index (κ1) is 12.3. The van der Waals surface area contributed by atoms with Crippen molar-refractivity contribution in [3.05, 3.63) is 30.3 Å². The smallest absolute Gasteiger partial charge is 0.241 e. The van der Waals surface area contributed by atoms with Gasteiger partial charge in [0.1, 0.15) is 0 Å². The summed E-state index contributed by atoms with van der Waals surface area (Å²) >= 11 is 1.93. The molecule has 1 N–H and O–H groups in total. The summed E-state index contributed by atoms with van der Waals surface area (Å²) in [4.78, 5) is 13.8. The SMILES string of the molecule is CN(C(=O)CNc1ccccc1)C1CCSC1. The molecule has 1 fully saturated rings. The summed E-state index contributed by atoms with van der Waals surface area (Å²) in [6.07, 6.45) is 1.12. The third-order valence-electron chi connectivity index (χ3n) is 3.06. The molecule has 1 atom stereocenters. The zero-order valence-electron chi connectivity index (χ0n) is 10.1. The molecule has 4 heteroatoms. The van der Waals surface area contributed by atoms with Gasteiger partial charge in [0.05, 0.1) is 6.54 Å². The molecular weight excluding hydrogens is 232 g/mol. The average Bonchev–Trinajstić information content (AvgIpc) is 2.90. The van der Waals surface area contributed by atoms with Crippen molar-refractivity contribution < 1.29 is 4.79 Å². The van der Waals surface area contributed by atoms with E-state index in [4.69, 9.17) is 0 Å². The van der Waals surface area contributed by atoms with Crippen LogP contribution < -0.4 is 5.32 Å². The molecule has 0 saturated carbocycles. The molecule has 1 aliphatic rings. The summed E-state index contributed by atoms with van der Waals surface area (Å²) in [6, 6.07) is 10.3. The zero-order valence-corrected chi connectivity index (χ0v) is 10.9. The van der Waals surface area contributed by atoms with Crippen molar-refractivity contribution in [2.75, 3.05) is 30.4 Å². The van der Waals surface area contributed by atoms with E-state index >= 15 is 0 Å². The van der Waals surface area contributed by atoms with Gasteiger partial charge in [0.15, 0.2) is 0 Å². The van der Waals surface area contributed by atoms with Gasteiger partial charge in [0, 0.05) is 24.5 Å². The molecule has 1 aromatic rings. The lowest BCUT2D eigenvalue weighted by Gasteiger charge is -2.24. The number of nitrogens with zero attached hydrogens (tertiary/aromatic N) is 1. The van der Waals surface area contributed by atoms with Crippen LogP contribution in [0.3, 0.4) is 0 Å². The summed E-state index contributed by atoms with van der Waals surface area (Å²) in [5.74, 6) is 2.42. The van der Waals surface area contributed by atoms with Crippen molar-refractivity contribution >= 4 is 23.4 Å². The van der Waals surface area contributed by atoms with Gasteiger partial charge in [-0.05, 0) is 24.3 Å². The average molecular weight is 250 g/mol. The number of nitrogens with one attached hydrogen (secondary N) is 1. The first-order valence-corrected chi connectivity index (χ1v) is 7.05. The largest absolute Gasteiger partial charge is 0.376 e. The van der Waals surface area contributed by atoms with E-state index in [1.807, 2.05) is 54.0 Å². The Morgan fingerprint density at radius 2 is 2.24 bits per heavy atom. The molecule has 1 saturated heterocycles. The summed E-state index contributed by atoms with van der Waals surface area (Å²) in [7, 11) is 1.91. The Hall–Kier alpha value is -1.16. The number of rotatable bonds is 4. The van der Waals surface area contributed by atoms with Crippen LogP contribution in [0.25, 0.3) is 0 Å². The standard InChI is InChI=1S/C13H18N2OS/c1-15(12-7-8-17-10-12)13(16)9-14-11-5-3-2-4-6-11/h2-6,12,14H,7-10H2,1H3. The second-order valence-electron chi connectivity index (χ2n) is 4.24. The molecule has 1 heterocycles. The van der Waals surface area contributed by atoms with Crippen LogP contribution in [0, 0.1) is 0 Å². The molecule has 0 spiro atoms. The highest BCUT2D eigenvalue weighted by Crippen LogP contribution is 2.21. The number of benzene rings is 1. The number of carbonyl (C=O) groups excluding carboxylic acids is 1. The predicted molar refractivity (Wildman–Crippen MR) is 73.4 cm³/mol. The highest BCUT2D eigenvalue weighted by molar-refractivity contribution is 7.99. The minimum absolute atomic E-state index is 0.168. The van der Waals surface area contributed by atoms with E-state index in [1.54, 1.807) is 0 Å². The molecule has 0 aromatic heterocycles. The predicted octanol–water partition coefficient (Wildman–Crippen LogP) is 2.06. The molecule has 3 nitrogen and oxygen atoms in total. The fraction of sp³-hybridized carbons (Fsp3) is 0.462. The van der Waals surface area contributed by atoms with Crippen molar-refractivity contribution in [3.8, 4) is 0 Å². The maximum absolute atomic E-state index is 12.0. The minimum Gasteiger partial charge on any atom is -0.376 e. The van der Waals surface area contributed by atoms with Crippen LogP contribution in [-0.2, 0) is 4.79 Å². The maximum atomic E-state index is 12.0. The lowest BCUT2D eigenvalue weighted by atomic mass is 10.2. The van der Waals surface area contributed by atoms with E-state index in [9.17, 15) is 4.79 Å². The second kappa shape index (κ2) is 5.96. The molecule has 17 heavy (non-hydrogen) atoms. The van der Waals surface area contributed by atoms with Crippen LogP contribution in [0.4, 0.5) is 5.69 Å². The van der Waals surface area contributed by atoms with Gasteiger partial charge in [-0.25, -0.2) is 0 Å². The van der Waals surface area contributed by atoms with Gasteiger partial charge in [-0.15, -0.1) is 0 Å². The highest BCUT2D eigenvalue weighted by Gasteiger charge is 2.23. The number of carbonyl (C=O) groups is 1. The van der Waals surface area contributed by atoms with Gasteiger partial charge in [-0.1, -0.05) is 18.2 Å². The van der Waals surface area contributed by atoms with Crippen molar-refractivity contribution in [2.45, 2.75) is 12.5 Å². The van der Waals surface area contributed by atoms with E-state index in [-0.39, 0.29) is 5.91 Å². The van der Waals surface area contributed by atoms with Gasteiger partial charge < -0.3 is 10.2 Å². The number of thioether (sulfide) groups is 1. The monoisotopic (exact) mass is 250 g/mol. The normalized spacial score (nSPS) is 19.0. The molecule has 1 aromatic carbocycles. The number of hydrogen-bond donors (Lipinski definition) is 1. The summed E-state index contributed by atoms with van der Waals surface area (Å²) in [6.45, 7) is 0.377. The number of amides is 1. The van der Waals surface area contributed by atoms with Crippen LogP contribution in [0.15, 0.2) is 30.3 Å². The van der Waals surface area contributed by atoms with Crippen LogP contribution in [0.5, 0.6) is 0 Å². The van der Waals surface area contributed by atoms with E-state index in [0.29, 0.717) is 12.6 Å². The lowest BCUT2D eigenvalue weighted by Crippen LogP contribution is -2.40. The Kier molecular flexibility index (Phi) is 4.31. The first-order chi connectivity index (χ1) is 8.27. The molecule has 0 bridgehead atoms. The van der Waals surface area contributed by atoms with Crippen molar-refractivity contribution in [1.29, 1.82) is 0 Å². The number of anilines is 1. The third kappa shape index (κ3) is 3.40. The van der Waals surface area contributed by atoms with Crippen LogP contribution >= 0.6 is 11.8 Å². The van der Waals surface area contributed by atoms with Crippen LogP contribution in [0.1, 0.15) is 6.42 Å². The minimum atomic E-state index is 0.168. The van der Waals surface area contributed by atoms with E-state index in [0.717, 1.165) is 17.9 Å². The van der Waals surface area contributed by atoms with Gasteiger partial charge in [0.2, 0.25) is 5.91 Å². The maximum Gasteiger partial charge on any atom is 0.241 e. The Balaban J connectivity index is 1.80. The lowest BCUT2D eigenvalue weighted by molar-refractivity contribution is -0.129. The van der Waals surface area contributed by atoms with E-state index in [2.05, 4.69) is 5.32 Å². The van der Waals surface area contributed by atoms with Gasteiger partial charge in [-0.3, -0.25) is 4.79 Å². The fourth-order valence-corrected chi connectivity index (χ4v) is 3.16. The van der Waals surface area contributed by atoms with Crippen LogP contribution in [0.2, 0.25) is 0 Å². The third-order valence-corrected chi connectivity index (χ3v) is 4.21. The zero-order chi connectivity index (χ0) is 12.1. The molecule has 0 aliphatic carbocycles. The number of hydrogen-bond acceptors (Lipinski definition) is 3. The fourth-order valence-electron chi connectivity index (χ4n) is 1.89. The molecule has 92 valence electrons. The first-order valence-electron chi connectivity index (χ1n) is 5.89. The quantitative estimate of drug-likeness (QED) is 0.888. The Morgan fingerprint density at radius 1 is 1.47 bits per heavy atom. The number of para-hydroxylation sites is 1. The highest BCUT2D eigenvalue weighted by atomic mass is 32.2. The Bertz CT molecular complexity index is 363. The second-order valence-corrected chi connectivity index (χ2v) is 5.39. The summed E-state index contributed by atoms with van der Waals surface area (Å²) in [5.41, 5.74) is 0.995. The van der Waals surface area contributed by atoms with Crippen LogP contribution in [-0.4, -0.2) is 41.9 Å². The molecule has 1 aliphatic heterocycles. The molecule has 2 rings (SSSR count). The molecular formula is C13H18N2OS. The van der Waals surface area contributed by atoms with Gasteiger partial charge >= 0.3 is 0 Å². The topological polar surface area (TPSA) is 32.3 Å². The molecule has 0 radical (unpaired) electrons. The van der Waals surface area contributed by atoms with Crippen molar-refractivity contribution in [2.24, 2.45) is 0 Å². The summed E-state index contributed by atoms with van der Waals surface area (Å²) in [5, 5.41) is 3.15. The van der Waals surface area contributed by atoms with Gasteiger partial charge in [-0.2, -0.15) is 11.8 Å².